The number of methoxy groups -OCH3 is 1. The van der Waals surface area contributed by atoms with Gasteiger partial charge in [0.15, 0.2) is 0 Å². The van der Waals surface area contributed by atoms with Crippen LogP contribution < -0.4 is 5.32 Å². The Bertz CT molecular complexity index is 833. The molecule has 0 aliphatic carbocycles. The standard InChI is InChI=1S/C22H25NO4/c1-13-3-10-19-18(11-13)21-17(9-8-16(12-24)27-21)20(23-19)14-4-6-15(7-5-14)22(25)26-2/h3-7,10-11,16-17,20-21,23-24H,8-9,12H2,1-2H3/t16?,17-,20-,21-/m1/s1. The third-order valence-electron chi connectivity index (χ3n) is 5.70. The number of esters is 1. The van der Waals surface area contributed by atoms with Crippen molar-refractivity contribution >= 4 is 11.7 Å². The van der Waals surface area contributed by atoms with Gasteiger partial charge in [-0.2, -0.15) is 0 Å². The van der Waals surface area contributed by atoms with E-state index in [1.54, 1.807) is 0 Å². The molecule has 2 aliphatic rings. The number of nitrogens with one attached hydrogen (secondary N) is 1. The van der Waals surface area contributed by atoms with Crippen LogP contribution in [0, 0.1) is 12.8 Å². The number of aliphatic hydroxyl groups excluding tert-OH is 1. The molecule has 4 rings (SSSR count). The van der Waals surface area contributed by atoms with Crippen molar-refractivity contribution < 1.29 is 19.4 Å². The zero-order valence-corrected chi connectivity index (χ0v) is 15.6. The summed E-state index contributed by atoms with van der Waals surface area (Å²) in [5.74, 6) is -0.0604. The maximum atomic E-state index is 11.7. The molecule has 1 saturated heterocycles. The lowest BCUT2D eigenvalue weighted by molar-refractivity contribution is -0.110. The van der Waals surface area contributed by atoms with E-state index < -0.39 is 0 Å². The molecule has 0 aromatic heterocycles. The summed E-state index contributed by atoms with van der Waals surface area (Å²) < 4.78 is 11.1. The molecular formula is C22H25NO4. The Hall–Kier alpha value is -2.37. The second-order valence-corrected chi connectivity index (χ2v) is 7.43. The number of ether oxygens (including phenoxy) is 2. The number of hydrogen-bond acceptors (Lipinski definition) is 5. The van der Waals surface area contributed by atoms with Gasteiger partial charge in [-0.05, 0) is 43.5 Å². The highest BCUT2D eigenvalue weighted by atomic mass is 16.5. The van der Waals surface area contributed by atoms with E-state index in [0.717, 1.165) is 24.1 Å². The Morgan fingerprint density at radius 2 is 2.00 bits per heavy atom. The molecule has 4 atom stereocenters. The lowest BCUT2D eigenvalue weighted by Crippen LogP contribution is -2.40. The summed E-state index contributed by atoms with van der Waals surface area (Å²) >= 11 is 0. The van der Waals surface area contributed by atoms with Gasteiger partial charge in [0.25, 0.3) is 0 Å². The monoisotopic (exact) mass is 367 g/mol. The van der Waals surface area contributed by atoms with Crippen LogP contribution in [0.4, 0.5) is 5.69 Å². The fourth-order valence-electron chi connectivity index (χ4n) is 4.28. The predicted molar refractivity (Wildman–Crippen MR) is 103 cm³/mol. The van der Waals surface area contributed by atoms with Crippen molar-refractivity contribution in [3.05, 3.63) is 64.7 Å². The fourth-order valence-corrected chi connectivity index (χ4v) is 4.28. The fraction of sp³-hybridized carbons (Fsp3) is 0.409. The smallest absolute Gasteiger partial charge is 0.337 e. The first-order valence-corrected chi connectivity index (χ1v) is 9.42. The summed E-state index contributed by atoms with van der Waals surface area (Å²) in [7, 11) is 1.39. The van der Waals surface area contributed by atoms with E-state index in [2.05, 4.69) is 30.4 Å². The molecule has 2 aromatic carbocycles. The van der Waals surface area contributed by atoms with Crippen LogP contribution in [0.1, 0.15) is 52.0 Å². The number of hydrogen-bond donors (Lipinski definition) is 2. The van der Waals surface area contributed by atoms with Crippen LogP contribution in [0.15, 0.2) is 42.5 Å². The van der Waals surface area contributed by atoms with Crippen LogP contribution in [-0.4, -0.2) is 30.9 Å². The molecule has 2 aliphatic heterocycles. The zero-order chi connectivity index (χ0) is 19.0. The molecule has 5 heteroatoms. The third kappa shape index (κ3) is 3.33. The number of carbonyl (C=O) groups is 1. The average Bonchev–Trinajstić information content (AvgIpc) is 2.72. The molecule has 0 amide bonds. The van der Waals surface area contributed by atoms with E-state index in [-0.39, 0.29) is 36.7 Å². The molecule has 0 saturated carbocycles. The number of anilines is 1. The van der Waals surface area contributed by atoms with Gasteiger partial charge in [0, 0.05) is 17.2 Å². The highest BCUT2D eigenvalue weighted by Crippen LogP contribution is 2.50. The van der Waals surface area contributed by atoms with Crippen molar-refractivity contribution in [3.8, 4) is 0 Å². The van der Waals surface area contributed by atoms with Gasteiger partial charge >= 0.3 is 5.97 Å². The molecule has 0 spiro atoms. The second-order valence-electron chi connectivity index (χ2n) is 7.43. The van der Waals surface area contributed by atoms with E-state index in [9.17, 15) is 9.90 Å². The van der Waals surface area contributed by atoms with Gasteiger partial charge in [0.05, 0.1) is 37.5 Å². The number of benzene rings is 2. The number of aliphatic hydroxyl groups is 1. The predicted octanol–water partition coefficient (Wildman–Crippen LogP) is 3.78. The lowest BCUT2D eigenvalue weighted by atomic mass is 9.76. The Balaban J connectivity index is 1.69. The van der Waals surface area contributed by atoms with Gasteiger partial charge in [0.1, 0.15) is 0 Å². The van der Waals surface area contributed by atoms with Crippen molar-refractivity contribution in [1.82, 2.24) is 0 Å². The molecule has 0 radical (unpaired) electrons. The molecule has 2 N–H and O–H groups in total. The average molecular weight is 367 g/mol. The van der Waals surface area contributed by atoms with Crippen molar-refractivity contribution in [2.45, 2.75) is 38.0 Å². The van der Waals surface area contributed by atoms with Crippen molar-refractivity contribution in [2.24, 2.45) is 5.92 Å². The topological polar surface area (TPSA) is 67.8 Å². The van der Waals surface area contributed by atoms with E-state index in [1.165, 1.54) is 18.2 Å². The molecule has 2 aromatic rings. The molecular weight excluding hydrogens is 342 g/mol. The Morgan fingerprint density at radius 3 is 2.70 bits per heavy atom. The van der Waals surface area contributed by atoms with Crippen LogP contribution in [0.25, 0.3) is 0 Å². The van der Waals surface area contributed by atoms with E-state index in [0.29, 0.717) is 5.56 Å². The van der Waals surface area contributed by atoms with Crippen molar-refractivity contribution in [2.75, 3.05) is 19.0 Å². The first kappa shape index (κ1) is 18.0. The van der Waals surface area contributed by atoms with Crippen molar-refractivity contribution in [1.29, 1.82) is 0 Å². The van der Waals surface area contributed by atoms with Gasteiger partial charge in [-0.1, -0.05) is 29.8 Å². The van der Waals surface area contributed by atoms with Crippen LogP contribution in [0.2, 0.25) is 0 Å². The summed E-state index contributed by atoms with van der Waals surface area (Å²) in [6, 6.07) is 14.0. The SMILES string of the molecule is COC(=O)c1ccc([C@H]2Nc3ccc(C)cc3[C@@H]3OC(CO)CC[C@H]23)cc1. The van der Waals surface area contributed by atoms with Crippen molar-refractivity contribution in [3.63, 3.8) is 0 Å². The van der Waals surface area contributed by atoms with Gasteiger partial charge in [-0.25, -0.2) is 4.79 Å². The van der Waals surface area contributed by atoms with E-state index in [1.807, 2.05) is 24.3 Å². The molecule has 1 unspecified atom stereocenters. The molecule has 1 fully saturated rings. The van der Waals surface area contributed by atoms with Crippen LogP contribution in [-0.2, 0) is 9.47 Å². The lowest BCUT2D eigenvalue weighted by Gasteiger charge is -2.45. The summed E-state index contributed by atoms with van der Waals surface area (Å²) in [6.07, 6.45) is 1.66. The van der Waals surface area contributed by atoms with Crippen LogP contribution in [0.5, 0.6) is 0 Å². The molecule has 2 heterocycles. The number of fused-ring (bicyclic) bond motifs is 3. The van der Waals surface area contributed by atoms with Crippen LogP contribution >= 0.6 is 0 Å². The third-order valence-corrected chi connectivity index (χ3v) is 5.70. The number of aryl methyl sites for hydroxylation is 1. The zero-order valence-electron chi connectivity index (χ0n) is 15.6. The maximum Gasteiger partial charge on any atom is 0.337 e. The molecule has 0 bridgehead atoms. The minimum atomic E-state index is -0.330. The van der Waals surface area contributed by atoms with Gasteiger partial charge in [0.2, 0.25) is 0 Å². The summed E-state index contributed by atoms with van der Waals surface area (Å²) in [5.41, 5.74) is 5.10. The first-order valence-electron chi connectivity index (χ1n) is 9.42. The van der Waals surface area contributed by atoms with Gasteiger partial charge in [-0.3, -0.25) is 0 Å². The molecule has 27 heavy (non-hydrogen) atoms. The largest absolute Gasteiger partial charge is 0.465 e. The number of rotatable bonds is 3. The highest BCUT2D eigenvalue weighted by molar-refractivity contribution is 5.89. The van der Waals surface area contributed by atoms with Gasteiger partial charge < -0.3 is 19.9 Å². The Labute approximate surface area is 159 Å². The van der Waals surface area contributed by atoms with E-state index in [4.69, 9.17) is 9.47 Å². The Morgan fingerprint density at radius 1 is 1.22 bits per heavy atom. The molecule has 5 nitrogen and oxygen atoms in total. The minimum Gasteiger partial charge on any atom is -0.465 e. The number of carbonyl (C=O) groups excluding carboxylic acids is 1. The normalized spacial score (nSPS) is 26.5. The van der Waals surface area contributed by atoms with Gasteiger partial charge in [-0.15, -0.1) is 0 Å². The van der Waals surface area contributed by atoms with E-state index >= 15 is 0 Å². The maximum absolute atomic E-state index is 11.7. The quantitative estimate of drug-likeness (QED) is 0.808. The second kappa shape index (κ2) is 7.33. The summed E-state index contributed by atoms with van der Waals surface area (Å²) in [5, 5.41) is 13.3. The van der Waals surface area contributed by atoms with Crippen LogP contribution in [0.3, 0.4) is 0 Å². The Kier molecular flexibility index (Phi) is 4.89. The highest BCUT2D eigenvalue weighted by Gasteiger charge is 2.42. The molecule has 142 valence electrons. The minimum absolute atomic E-state index is 0.0441. The summed E-state index contributed by atoms with van der Waals surface area (Å²) in [4.78, 5) is 11.7. The summed E-state index contributed by atoms with van der Waals surface area (Å²) in [6.45, 7) is 2.13. The first-order chi connectivity index (χ1) is 13.1.